The van der Waals surface area contributed by atoms with Gasteiger partial charge in [0.25, 0.3) is 0 Å². The van der Waals surface area contributed by atoms with Crippen molar-refractivity contribution in [3.05, 3.63) is 46.8 Å². The highest BCUT2D eigenvalue weighted by molar-refractivity contribution is 6.01. The second-order valence-electron chi connectivity index (χ2n) is 7.07. The minimum Gasteiger partial charge on any atom is -0.493 e. The number of Topliss-reactive ketones (excluding diaryl/α,β-unsaturated/α-hetero) is 1. The number of esters is 1. The van der Waals surface area contributed by atoms with Gasteiger partial charge in [0, 0.05) is 30.1 Å². The molecule has 1 saturated heterocycles. The molecule has 0 saturated carbocycles. The molecular weight excluding hydrogens is 374 g/mol. The number of ether oxygens (including phenoxy) is 4. The molecule has 0 amide bonds. The van der Waals surface area contributed by atoms with E-state index >= 15 is 0 Å². The Morgan fingerprint density at radius 1 is 1.17 bits per heavy atom. The van der Waals surface area contributed by atoms with Gasteiger partial charge in [-0.2, -0.15) is 0 Å². The second-order valence-corrected chi connectivity index (χ2v) is 7.07. The average Bonchev–Trinajstić information content (AvgIpc) is 3.34. The van der Waals surface area contributed by atoms with E-state index in [1.165, 1.54) is 14.2 Å². The third-order valence-corrected chi connectivity index (χ3v) is 5.24. The number of aromatic nitrogens is 1. The van der Waals surface area contributed by atoms with Gasteiger partial charge >= 0.3 is 5.97 Å². The van der Waals surface area contributed by atoms with Crippen LogP contribution in [-0.2, 0) is 16.0 Å². The molecule has 1 fully saturated rings. The lowest BCUT2D eigenvalue weighted by molar-refractivity contribution is 0.0470. The van der Waals surface area contributed by atoms with Gasteiger partial charge < -0.3 is 23.5 Å². The summed E-state index contributed by atoms with van der Waals surface area (Å²) >= 11 is 0. The number of aryl methyl sites for hydroxylation is 1. The summed E-state index contributed by atoms with van der Waals surface area (Å²) < 4.78 is 23.5. The number of rotatable bonds is 8. The Labute approximate surface area is 170 Å². The number of nitrogens with zero attached hydrogens (tertiary/aromatic N) is 1. The zero-order valence-corrected chi connectivity index (χ0v) is 17.3. The van der Waals surface area contributed by atoms with Crippen LogP contribution < -0.4 is 9.47 Å². The van der Waals surface area contributed by atoms with Gasteiger partial charge in [0.05, 0.1) is 20.3 Å². The predicted molar refractivity (Wildman–Crippen MR) is 107 cm³/mol. The molecule has 0 spiro atoms. The maximum Gasteiger partial charge on any atom is 0.342 e. The molecule has 7 heteroatoms. The highest BCUT2D eigenvalue weighted by Gasteiger charge is 2.23. The zero-order chi connectivity index (χ0) is 21.0. The van der Waals surface area contributed by atoms with E-state index in [-0.39, 0.29) is 29.8 Å². The number of hydrogen-bond donors (Lipinski definition) is 0. The monoisotopic (exact) mass is 401 g/mol. The van der Waals surface area contributed by atoms with E-state index in [1.54, 1.807) is 18.2 Å². The first-order valence-corrected chi connectivity index (χ1v) is 9.66. The number of ketones is 1. The average molecular weight is 401 g/mol. The van der Waals surface area contributed by atoms with Gasteiger partial charge in [0.15, 0.2) is 18.1 Å². The SMILES string of the molecule is COc1cccc(C(=O)OCC(=O)c2cc(C)n(C[C@@H]3CCCO3)c2C)c1OC. The maximum absolute atomic E-state index is 12.7. The van der Waals surface area contributed by atoms with E-state index in [2.05, 4.69) is 4.57 Å². The topological polar surface area (TPSA) is 76.0 Å². The van der Waals surface area contributed by atoms with Crippen LogP contribution in [0.1, 0.15) is 44.9 Å². The molecule has 1 aromatic carbocycles. The summed E-state index contributed by atoms with van der Waals surface area (Å²) in [5.74, 6) is -0.178. The molecule has 1 aliphatic heterocycles. The van der Waals surface area contributed by atoms with Gasteiger partial charge in [-0.15, -0.1) is 0 Å². The quantitative estimate of drug-likeness (QED) is 0.499. The highest BCUT2D eigenvalue weighted by Crippen LogP contribution is 2.31. The summed E-state index contributed by atoms with van der Waals surface area (Å²) in [6, 6.07) is 6.76. The third kappa shape index (κ3) is 4.45. The van der Waals surface area contributed by atoms with E-state index in [1.807, 2.05) is 19.9 Å². The molecule has 1 aromatic heterocycles. The Hall–Kier alpha value is -2.80. The zero-order valence-electron chi connectivity index (χ0n) is 17.3. The van der Waals surface area contributed by atoms with Crippen molar-refractivity contribution in [3.63, 3.8) is 0 Å². The summed E-state index contributed by atoms with van der Waals surface area (Å²) in [6.45, 7) is 5.04. The molecule has 0 aliphatic carbocycles. The van der Waals surface area contributed by atoms with Crippen LogP contribution in [0, 0.1) is 13.8 Å². The van der Waals surface area contributed by atoms with Crippen molar-refractivity contribution in [2.75, 3.05) is 27.4 Å². The lowest BCUT2D eigenvalue weighted by Crippen LogP contribution is -2.18. The smallest absolute Gasteiger partial charge is 0.342 e. The van der Waals surface area contributed by atoms with Crippen molar-refractivity contribution in [1.82, 2.24) is 4.57 Å². The highest BCUT2D eigenvalue weighted by atomic mass is 16.5. The van der Waals surface area contributed by atoms with E-state index in [9.17, 15) is 9.59 Å². The summed E-state index contributed by atoms with van der Waals surface area (Å²) in [7, 11) is 2.94. The fraction of sp³-hybridized carbons (Fsp3) is 0.455. The molecule has 2 aromatic rings. The molecule has 2 heterocycles. The Morgan fingerprint density at radius 3 is 2.62 bits per heavy atom. The molecule has 3 rings (SSSR count). The molecule has 1 aliphatic rings. The lowest BCUT2D eigenvalue weighted by atomic mass is 10.1. The molecule has 0 N–H and O–H groups in total. The minimum atomic E-state index is -0.637. The number of carbonyl (C=O) groups is 2. The van der Waals surface area contributed by atoms with Crippen LogP contribution in [0.4, 0.5) is 0 Å². The molecule has 7 nitrogen and oxygen atoms in total. The van der Waals surface area contributed by atoms with Crippen LogP contribution in [0.5, 0.6) is 11.5 Å². The van der Waals surface area contributed by atoms with E-state index in [0.29, 0.717) is 11.3 Å². The molecule has 1 atom stereocenters. The first-order valence-electron chi connectivity index (χ1n) is 9.66. The van der Waals surface area contributed by atoms with Crippen LogP contribution >= 0.6 is 0 Å². The van der Waals surface area contributed by atoms with Crippen molar-refractivity contribution < 1.29 is 28.5 Å². The predicted octanol–water partition coefficient (Wildman–Crippen LogP) is 3.34. The van der Waals surface area contributed by atoms with E-state index < -0.39 is 5.97 Å². The van der Waals surface area contributed by atoms with Gasteiger partial charge in [0.2, 0.25) is 5.78 Å². The second kappa shape index (κ2) is 9.13. The molecule has 0 unspecified atom stereocenters. The van der Waals surface area contributed by atoms with Gasteiger partial charge in [-0.3, -0.25) is 4.79 Å². The molecular formula is C22H27NO6. The van der Waals surface area contributed by atoms with Crippen LogP contribution in [-0.4, -0.2) is 49.9 Å². The number of hydrogen-bond acceptors (Lipinski definition) is 6. The summed E-state index contributed by atoms with van der Waals surface area (Å²) in [6.07, 6.45) is 2.28. The molecule has 0 radical (unpaired) electrons. The number of benzene rings is 1. The van der Waals surface area contributed by atoms with Crippen LogP contribution in [0.3, 0.4) is 0 Å². The molecule has 156 valence electrons. The fourth-order valence-corrected chi connectivity index (χ4v) is 3.69. The van der Waals surface area contributed by atoms with E-state index in [4.69, 9.17) is 18.9 Å². The number of para-hydroxylation sites is 1. The Balaban J connectivity index is 1.69. The van der Waals surface area contributed by atoms with Crippen molar-refractivity contribution in [2.24, 2.45) is 0 Å². The molecule has 29 heavy (non-hydrogen) atoms. The van der Waals surface area contributed by atoms with Crippen molar-refractivity contribution in [2.45, 2.75) is 39.3 Å². The first kappa shape index (κ1) is 20.9. The maximum atomic E-state index is 12.7. The van der Waals surface area contributed by atoms with Gasteiger partial charge in [-0.05, 0) is 44.9 Å². The largest absolute Gasteiger partial charge is 0.493 e. The Morgan fingerprint density at radius 2 is 1.97 bits per heavy atom. The minimum absolute atomic E-state index is 0.182. The van der Waals surface area contributed by atoms with Gasteiger partial charge in [-0.1, -0.05) is 6.07 Å². The summed E-state index contributed by atoms with van der Waals surface area (Å²) in [5, 5.41) is 0. The van der Waals surface area contributed by atoms with Gasteiger partial charge in [0.1, 0.15) is 5.56 Å². The van der Waals surface area contributed by atoms with Crippen molar-refractivity contribution in [3.8, 4) is 11.5 Å². The van der Waals surface area contributed by atoms with Crippen LogP contribution in [0.2, 0.25) is 0 Å². The lowest BCUT2D eigenvalue weighted by Gasteiger charge is -2.15. The Kier molecular flexibility index (Phi) is 6.59. The van der Waals surface area contributed by atoms with Crippen LogP contribution in [0.15, 0.2) is 24.3 Å². The summed E-state index contributed by atoms with van der Waals surface area (Å²) in [5.41, 5.74) is 2.62. The van der Waals surface area contributed by atoms with Crippen molar-refractivity contribution >= 4 is 11.8 Å². The van der Waals surface area contributed by atoms with Crippen LogP contribution in [0.25, 0.3) is 0 Å². The summed E-state index contributed by atoms with van der Waals surface area (Å²) in [4.78, 5) is 25.2. The van der Waals surface area contributed by atoms with Crippen molar-refractivity contribution in [1.29, 1.82) is 0 Å². The molecule has 0 bridgehead atoms. The fourth-order valence-electron chi connectivity index (χ4n) is 3.69. The van der Waals surface area contributed by atoms with Gasteiger partial charge in [-0.25, -0.2) is 4.79 Å². The normalized spacial score (nSPS) is 15.9. The number of carbonyl (C=O) groups excluding carboxylic acids is 2. The third-order valence-electron chi connectivity index (χ3n) is 5.24. The number of methoxy groups -OCH3 is 2. The van der Waals surface area contributed by atoms with E-state index in [0.717, 1.165) is 37.4 Å². The standard InChI is InChI=1S/C22H27NO6/c1-14-11-18(15(2)23(14)12-16-7-6-10-28-16)19(24)13-29-22(25)17-8-5-9-20(26-3)21(17)27-4/h5,8-9,11,16H,6-7,10,12-13H2,1-4H3/t16-/m0/s1. The Bertz CT molecular complexity index is 895. The first-order chi connectivity index (χ1) is 14.0.